The van der Waals surface area contributed by atoms with Crippen molar-refractivity contribution in [3.05, 3.63) is 23.4 Å². The van der Waals surface area contributed by atoms with E-state index >= 15 is 0 Å². The minimum absolute atomic E-state index is 0.324. The molecule has 0 aliphatic carbocycles. The standard InChI is InChI=1S/C15H23NO.C4H10.C2H6/c1-3-5-6-13-7-8-14(16-12-11-13)9-10-15(17)4-2;1-3-4-2;1-2/h8,11-12H,3-7,9-10H2,1-2H3;3-4H2,1-2H3;1-2H3. The van der Waals surface area contributed by atoms with Crippen molar-refractivity contribution >= 4 is 12.0 Å². The van der Waals surface area contributed by atoms with Crippen molar-refractivity contribution in [2.24, 2.45) is 4.99 Å². The minimum atomic E-state index is 0.324. The van der Waals surface area contributed by atoms with Crippen LogP contribution in [0.1, 0.15) is 99.3 Å². The van der Waals surface area contributed by atoms with E-state index in [2.05, 4.69) is 37.9 Å². The Morgan fingerprint density at radius 2 is 1.70 bits per heavy atom. The van der Waals surface area contributed by atoms with Crippen LogP contribution in [0.25, 0.3) is 0 Å². The van der Waals surface area contributed by atoms with Gasteiger partial charge in [-0.05, 0) is 31.8 Å². The summed E-state index contributed by atoms with van der Waals surface area (Å²) in [5, 5.41) is 0. The third kappa shape index (κ3) is 15.5. The maximum Gasteiger partial charge on any atom is 0.133 e. The van der Waals surface area contributed by atoms with Crippen molar-refractivity contribution < 1.29 is 4.79 Å². The van der Waals surface area contributed by atoms with Gasteiger partial charge in [0.1, 0.15) is 5.78 Å². The van der Waals surface area contributed by atoms with Gasteiger partial charge in [-0.25, -0.2) is 0 Å². The Kier molecular flexibility index (Phi) is 19.8. The van der Waals surface area contributed by atoms with Crippen molar-refractivity contribution in [1.29, 1.82) is 0 Å². The number of carbonyl (C=O) groups is 1. The van der Waals surface area contributed by atoms with Crippen LogP contribution < -0.4 is 0 Å². The second-order valence-corrected chi connectivity index (χ2v) is 5.50. The largest absolute Gasteiger partial charge is 0.300 e. The zero-order valence-electron chi connectivity index (χ0n) is 16.5. The van der Waals surface area contributed by atoms with Crippen molar-refractivity contribution in [2.45, 2.75) is 99.3 Å². The third-order valence-corrected chi connectivity index (χ3v) is 3.56. The summed E-state index contributed by atoms with van der Waals surface area (Å²) in [6.07, 6.45) is 15.5. The molecule has 134 valence electrons. The first kappa shape index (κ1) is 24.1. The molecule has 0 bridgehead atoms. The van der Waals surface area contributed by atoms with Crippen LogP contribution >= 0.6 is 0 Å². The summed E-state index contributed by atoms with van der Waals surface area (Å²) in [6, 6.07) is 0. The molecule has 0 amide bonds. The molecule has 2 nitrogen and oxygen atoms in total. The van der Waals surface area contributed by atoms with Crippen LogP contribution in [0.3, 0.4) is 0 Å². The second-order valence-electron chi connectivity index (χ2n) is 5.50. The number of carbonyl (C=O) groups excluding carboxylic acids is 1. The Hall–Kier alpha value is -1.18. The molecule has 0 radical (unpaired) electrons. The Bertz CT molecular complexity index is 362. The maximum atomic E-state index is 11.3. The van der Waals surface area contributed by atoms with E-state index in [4.69, 9.17) is 0 Å². The molecule has 1 heterocycles. The van der Waals surface area contributed by atoms with Crippen LogP contribution in [0.15, 0.2) is 28.4 Å². The minimum Gasteiger partial charge on any atom is -0.300 e. The van der Waals surface area contributed by atoms with Crippen LogP contribution in [0.2, 0.25) is 0 Å². The highest BCUT2D eigenvalue weighted by Gasteiger charge is 2.04. The molecule has 23 heavy (non-hydrogen) atoms. The van der Waals surface area contributed by atoms with Gasteiger partial charge in [-0.1, -0.05) is 72.5 Å². The van der Waals surface area contributed by atoms with Crippen molar-refractivity contribution in [1.82, 2.24) is 0 Å². The lowest BCUT2D eigenvalue weighted by atomic mass is 10.0. The van der Waals surface area contributed by atoms with E-state index < -0.39 is 0 Å². The van der Waals surface area contributed by atoms with Crippen LogP contribution in [-0.4, -0.2) is 12.0 Å². The average molecular weight is 322 g/mol. The van der Waals surface area contributed by atoms with Crippen LogP contribution in [0, 0.1) is 0 Å². The molecule has 0 saturated heterocycles. The van der Waals surface area contributed by atoms with Gasteiger partial charge in [-0.3, -0.25) is 9.79 Å². The Morgan fingerprint density at radius 1 is 1.04 bits per heavy atom. The molecule has 0 aromatic rings. The van der Waals surface area contributed by atoms with Crippen molar-refractivity contribution in [3.8, 4) is 0 Å². The molecule has 1 aliphatic rings. The molecule has 0 atom stereocenters. The summed E-state index contributed by atoms with van der Waals surface area (Å²) in [5.74, 6) is 0.324. The number of nitrogens with zero attached hydrogens (tertiary/aromatic N) is 1. The quantitative estimate of drug-likeness (QED) is 0.471. The Labute approximate surface area is 145 Å². The second kappa shape index (κ2) is 18.9. The number of ketones is 1. The number of aliphatic imine (C=N–C) groups is 1. The van der Waals surface area contributed by atoms with E-state index in [9.17, 15) is 4.79 Å². The number of hydrogen-bond donors (Lipinski definition) is 0. The summed E-state index contributed by atoms with van der Waals surface area (Å²) < 4.78 is 0. The first-order valence-electron chi connectivity index (χ1n) is 9.60. The van der Waals surface area contributed by atoms with E-state index in [1.54, 1.807) is 0 Å². The summed E-state index contributed by atoms with van der Waals surface area (Å²) in [5.41, 5.74) is 2.52. The molecule has 0 aromatic heterocycles. The lowest BCUT2D eigenvalue weighted by Gasteiger charge is -2.02. The number of Topliss-reactive ketones (excluding diaryl/α,β-unsaturated/α-hetero) is 1. The highest BCUT2D eigenvalue weighted by molar-refractivity contribution is 5.78. The molecular formula is C21H39NO. The van der Waals surface area contributed by atoms with E-state index in [1.807, 2.05) is 27.0 Å². The van der Waals surface area contributed by atoms with Gasteiger partial charge in [0, 0.05) is 24.8 Å². The Balaban J connectivity index is 0. The lowest BCUT2D eigenvalue weighted by Crippen LogP contribution is -1.95. The van der Waals surface area contributed by atoms with Gasteiger partial charge in [0.2, 0.25) is 0 Å². The molecule has 0 saturated carbocycles. The molecule has 2 heteroatoms. The monoisotopic (exact) mass is 321 g/mol. The normalized spacial score (nSPS) is 12.8. The predicted molar refractivity (Wildman–Crippen MR) is 105 cm³/mol. The average Bonchev–Trinajstić information content (AvgIpc) is 2.85. The predicted octanol–water partition coefficient (Wildman–Crippen LogP) is 7.05. The SMILES string of the molecule is CC.CCCC.CCCCC1=CC=NC(CCC(=O)CC)=CC1. The van der Waals surface area contributed by atoms with Gasteiger partial charge in [0.05, 0.1) is 0 Å². The fourth-order valence-electron chi connectivity index (χ4n) is 1.81. The van der Waals surface area contributed by atoms with Crippen LogP contribution in [-0.2, 0) is 4.79 Å². The molecule has 0 fully saturated rings. The fourth-order valence-corrected chi connectivity index (χ4v) is 1.81. The Morgan fingerprint density at radius 3 is 2.22 bits per heavy atom. The molecule has 0 spiro atoms. The van der Waals surface area contributed by atoms with Crippen LogP contribution in [0.5, 0.6) is 0 Å². The van der Waals surface area contributed by atoms with E-state index in [-0.39, 0.29) is 0 Å². The van der Waals surface area contributed by atoms with E-state index in [0.717, 1.165) is 18.5 Å². The summed E-state index contributed by atoms with van der Waals surface area (Å²) in [6.45, 7) is 12.5. The van der Waals surface area contributed by atoms with Gasteiger partial charge < -0.3 is 0 Å². The van der Waals surface area contributed by atoms with Gasteiger partial charge in [0.15, 0.2) is 0 Å². The number of unbranched alkanes of at least 4 members (excludes halogenated alkanes) is 2. The van der Waals surface area contributed by atoms with E-state index in [0.29, 0.717) is 18.6 Å². The van der Waals surface area contributed by atoms with E-state index in [1.165, 1.54) is 37.7 Å². The van der Waals surface area contributed by atoms with Gasteiger partial charge >= 0.3 is 0 Å². The van der Waals surface area contributed by atoms with Gasteiger partial charge in [-0.2, -0.15) is 0 Å². The number of allylic oxidation sites excluding steroid dienone is 4. The maximum absolute atomic E-state index is 11.3. The van der Waals surface area contributed by atoms with Gasteiger partial charge in [-0.15, -0.1) is 0 Å². The number of rotatable bonds is 8. The van der Waals surface area contributed by atoms with Crippen molar-refractivity contribution in [3.63, 3.8) is 0 Å². The fraction of sp³-hybridized carbons (Fsp3) is 0.714. The first-order valence-corrected chi connectivity index (χ1v) is 9.60. The van der Waals surface area contributed by atoms with Crippen molar-refractivity contribution in [2.75, 3.05) is 0 Å². The topological polar surface area (TPSA) is 29.4 Å². The highest BCUT2D eigenvalue weighted by Crippen LogP contribution is 2.18. The molecule has 1 aliphatic heterocycles. The zero-order valence-corrected chi connectivity index (χ0v) is 16.5. The molecule has 0 aromatic carbocycles. The molecule has 0 N–H and O–H groups in total. The zero-order chi connectivity index (χ0) is 17.9. The number of hydrogen-bond acceptors (Lipinski definition) is 2. The lowest BCUT2D eigenvalue weighted by molar-refractivity contribution is -0.118. The molecular weight excluding hydrogens is 282 g/mol. The molecule has 1 rings (SSSR count). The smallest absolute Gasteiger partial charge is 0.133 e. The van der Waals surface area contributed by atoms with Gasteiger partial charge in [0.25, 0.3) is 0 Å². The molecule has 0 unspecified atom stereocenters. The highest BCUT2D eigenvalue weighted by atomic mass is 16.1. The first-order chi connectivity index (χ1) is 11.2. The van der Waals surface area contributed by atoms with Crippen LogP contribution in [0.4, 0.5) is 0 Å². The summed E-state index contributed by atoms with van der Waals surface area (Å²) in [4.78, 5) is 15.6. The third-order valence-electron chi connectivity index (χ3n) is 3.56. The summed E-state index contributed by atoms with van der Waals surface area (Å²) >= 11 is 0. The summed E-state index contributed by atoms with van der Waals surface area (Å²) in [7, 11) is 0.